The SMILES string of the molecule is COc1ccccc1Nc1nnc(SCC2CCCCC2)s1. The minimum absolute atomic E-state index is 0.814. The van der Waals surface area contributed by atoms with Crippen molar-refractivity contribution >= 4 is 33.9 Å². The van der Waals surface area contributed by atoms with Gasteiger partial charge in [-0.05, 0) is 30.9 Å². The molecule has 1 heterocycles. The highest BCUT2D eigenvalue weighted by atomic mass is 32.2. The molecule has 1 aromatic carbocycles. The fourth-order valence-electron chi connectivity index (χ4n) is 2.72. The molecule has 1 saturated carbocycles. The van der Waals surface area contributed by atoms with Gasteiger partial charge in [-0.1, -0.05) is 54.5 Å². The number of ether oxygens (including phenoxy) is 1. The molecule has 22 heavy (non-hydrogen) atoms. The Morgan fingerprint density at radius 3 is 2.86 bits per heavy atom. The van der Waals surface area contributed by atoms with E-state index in [1.165, 1.54) is 37.9 Å². The van der Waals surface area contributed by atoms with E-state index in [1.54, 1.807) is 18.4 Å². The van der Waals surface area contributed by atoms with E-state index in [0.29, 0.717) is 0 Å². The number of thioether (sulfide) groups is 1. The van der Waals surface area contributed by atoms with Gasteiger partial charge in [-0.25, -0.2) is 0 Å². The summed E-state index contributed by atoms with van der Waals surface area (Å²) in [5.41, 5.74) is 0.921. The average Bonchev–Trinajstić information content (AvgIpc) is 3.02. The Morgan fingerprint density at radius 1 is 1.23 bits per heavy atom. The summed E-state index contributed by atoms with van der Waals surface area (Å²) >= 11 is 3.45. The molecule has 1 aliphatic rings. The molecule has 0 radical (unpaired) electrons. The molecule has 0 aliphatic heterocycles. The maximum Gasteiger partial charge on any atom is 0.210 e. The van der Waals surface area contributed by atoms with Crippen LogP contribution >= 0.6 is 23.1 Å². The molecule has 0 saturated heterocycles. The van der Waals surface area contributed by atoms with Gasteiger partial charge in [0.2, 0.25) is 5.13 Å². The molecule has 118 valence electrons. The van der Waals surface area contributed by atoms with Crippen molar-refractivity contribution in [1.82, 2.24) is 10.2 Å². The third-order valence-corrected chi connectivity index (χ3v) is 6.13. The molecule has 1 N–H and O–H groups in total. The van der Waals surface area contributed by atoms with Crippen molar-refractivity contribution < 1.29 is 4.74 Å². The summed E-state index contributed by atoms with van der Waals surface area (Å²) in [7, 11) is 1.67. The molecule has 1 fully saturated rings. The minimum Gasteiger partial charge on any atom is -0.495 e. The van der Waals surface area contributed by atoms with E-state index >= 15 is 0 Å². The van der Waals surface area contributed by atoms with Gasteiger partial charge in [-0.3, -0.25) is 0 Å². The lowest BCUT2D eigenvalue weighted by Crippen LogP contribution is -2.08. The number of hydrogen-bond acceptors (Lipinski definition) is 6. The Morgan fingerprint density at radius 2 is 2.05 bits per heavy atom. The monoisotopic (exact) mass is 335 g/mol. The zero-order chi connectivity index (χ0) is 15.2. The van der Waals surface area contributed by atoms with Crippen molar-refractivity contribution in [2.45, 2.75) is 36.4 Å². The van der Waals surface area contributed by atoms with Gasteiger partial charge < -0.3 is 10.1 Å². The van der Waals surface area contributed by atoms with E-state index in [-0.39, 0.29) is 0 Å². The quantitative estimate of drug-likeness (QED) is 0.756. The fourth-order valence-corrected chi connectivity index (χ4v) is 4.70. The Balaban J connectivity index is 1.56. The molecule has 0 atom stereocenters. The summed E-state index contributed by atoms with van der Waals surface area (Å²) < 4.78 is 6.38. The standard InChI is InChI=1S/C16H21N3OS2/c1-20-14-10-6-5-9-13(14)17-15-18-19-16(22-15)21-11-12-7-3-2-4-8-12/h5-6,9-10,12H,2-4,7-8,11H2,1H3,(H,17,18). The van der Waals surface area contributed by atoms with Crippen LogP contribution in [0.2, 0.25) is 0 Å². The number of nitrogens with one attached hydrogen (secondary N) is 1. The summed E-state index contributed by atoms with van der Waals surface area (Å²) in [6.45, 7) is 0. The van der Waals surface area contributed by atoms with Crippen LogP contribution in [-0.2, 0) is 0 Å². The van der Waals surface area contributed by atoms with Crippen molar-refractivity contribution in [1.29, 1.82) is 0 Å². The van der Waals surface area contributed by atoms with E-state index in [9.17, 15) is 0 Å². The first-order chi connectivity index (χ1) is 10.8. The second kappa shape index (κ2) is 7.83. The summed E-state index contributed by atoms with van der Waals surface area (Å²) in [5, 5.41) is 12.6. The molecule has 0 bridgehead atoms. The Bertz CT molecular complexity index is 597. The normalized spacial score (nSPS) is 15.7. The minimum atomic E-state index is 0.814. The summed E-state index contributed by atoms with van der Waals surface area (Å²) in [5.74, 6) is 2.84. The van der Waals surface area contributed by atoms with Crippen LogP contribution in [0.4, 0.5) is 10.8 Å². The van der Waals surface area contributed by atoms with Crippen LogP contribution in [0.3, 0.4) is 0 Å². The molecule has 3 rings (SSSR count). The van der Waals surface area contributed by atoms with E-state index in [1.807, 2.05) is 36.0 Å². The molecular weight excluding hydrogens is 314 g/mol. The molecule has 0 unspecified atom stereocenters. The van der Waals surface area contributed by atoms with Crippen LogP contribution in [0.25, 0.3) is 0 Å². The highest BCUT2D eigenvalue weighted by Crippen LogP contribution is 2.34. The lowest BCUT2D eigenvalue weighted by Gasteiger charge is -2.20. The molecule has 2 aromatic rings. The number of nitrogens with zero attached hydrogens (tertiary/aromatic N) is 2. The van der Waals surface area contributed by atoms with Gasteiger partial charge in [0.05, 0.1) is 12.8 Å². The maximum absolute atomic E-state index is 5.34. The molecule has 6 heteroatoms. The highest BCUT2D eigenvalue weighted by Gasteiger charge is 2.15. The summed E-state index contributed by atoms with van der Waals surface area (Å²) in [4.78, 5) is 0. The average molecular weight is 335 g/mol. The first-order valence-electron chi connectivity index (χ1n) is 7.71. The van der Waals surface area contributed by atoms with Gasteiger partial charge in [0, 0.05) is 5.75 Å². The molecule has 0 spiro atoms. The first-order valence-corrected chi connectivity index (χ1v) is 9.51. The van der Waals surface area contributed by atoms with Gasteiger partial charge >= 0.3 is 0 Å². The number of anilines is 2. The zero-order valence-electron chi connectivity index (χ0n) is 12.7. The van der Waals surface area contributed by atoms with E-state index in [0.717, 1.165) is 26.8 Å². The van der Waals surface area contributed by atoms with Crippen molar-refractivity contribution in [2.24, 2.45) is 5.92 Å². The predicted octanol–water partition coefficient (Wildman–Crippen LogP) is 4.96. The maximum atomic E-state index is 5.34. The van der Waals surface area contributed by atoms with Gasteiger partial charge in [0.15, 0.2) is 4.34 Å². The second-order valence-electron chi connectivity index (χ2n) is 5.51. The van der Waals surface area contributed by atoms with Crippen molar-refractivity contribution in [2.75, 3.05) is 18.2 Å². The molecular formula is C16H21N3OS2. The number of benzene rings is 1. The Kier molecular flexibility index (Phi) is 5.56. The van der Waals surface area contributed by atoms with Crippen molar-refractivity contribution in [3.63, 3.8) is 0 Å². The third-order valence-electron chi connectivity index (χ3n) is 3.92. The van der Waals surface area contributed by atoms with Crippen LogP contribution in [0.1, 0.15) is 32.1 Å². The third kappa shape index (κ3) is 4.14. The first kappa shape index (κ1) is 15.6. The molecule has 0 amide bonds. The number of methoxy groups -OCH3 is 1. The van der Waals surface area contributed by atoms with Gasteiger partial charge in [0.1, 0.15) is 5.75 Å². The number of hydrogen-bond donors (Lipinski definition) is 1. The van der Waals surface area contributed by atoms with Crippen LogP contribution in [-0.4, -0.2) is 23.1 Å². The van der Waals surface area contributed by atoms with Gasteiger partial charge in [0.25, 0.3) is 0 Å². The molecule has 1 aromatic heterocycles. The highest BCUT2D eigenvalue weighted by molar-refractivity contribution is 8.01. The smallest absolute Gasteiger partial charge is 0.210 e. The van der Waals surface area contributed by atoms with E-state index in [2.05, 4.69) is 15.5 Å². The summed E-state index contributed by atoms with van der Waals surface area (Å²) in [6, 6.07) is 7.84. The van der Waals surface area contributed by atoms with Crippen molar-refractivity contribution in [3.05, 3.63) is 24.3 Å². The van der Waals surface area contributed by atoms with Crippen LogP contribution in [0.15, 0.2) is 28.6 Å². The number of aromatic nitrogens is 2. The lowest BCUT2D eigenvalue weighted by atomic mass is 9.91. The van der Waals surface area contributed by atoms with Crippen LogP contribution in [0.5, 0.6) is 5.75 Å². The number of para-hydroxylation sites is 2. The predicted molar refractivity (Wildman–Crippen MR) is 93.5 cm³/mol. The van der Waals surface area contributed by atoms with E-state index in [4.69, 9.17) is 4.74 Å². The Labute approximate surface area is 139 Å². The van der Waals surface area contributed by atoms with Crippen molar-refractivity contribution in [3.8, 4) is 5.75 Å². The summed E-state index contributed by atoms with van der Waals surface area (Å²) in [6.07, 6.45) is 6.94. The number of rotatable bonds is 6. The van der Waals surface area contributed by atoms with E-state index < -0.39 is 0 Å². The second-order valence-corrected chi connectivity index (χ2v) is 7.76. The van der Waals surface area contributed by atoms with Crippen LogP contribution < -0.4 is 10.1 Å². The topological polar surface area (TPSA) is 47.0 Å². The molecule has 1 aliphatic carbocycles. The van der Waals surface area contributed by atoms with Crippen LogP contribution in [0, 0.1) is 5.92 Å². The largest absolute Gasteiger partial charge is 0.495 e. The fraction of sp³-hybridized carbons (Fsp3) is 0.500. The Hall–Kier alpha value is -1.27. The zero-order valence-corrected chi connectivity index (χ0v) is 14.4. The lowest BCUT2D eigenvalue weighted by molar-refractivity contribution is 0.391. The van der Waals surface area contributed by atoms with Gasteiger partial charge in [-0.2, -0.15) is 0 Å². The van der Waals surface area contributed by atoms with Gasteiger partial charge in [-0.15, -0.1) is 10.2 Å². The molecule has 4 nitrogen and oxygen atoms in total.